The molecule has 0 bridgehead atoms. The van der Waals surface area contributed by atoms with E-state index in [0.29, 0.717) is 29.3 Å². The molecule has 4 heterocycles. The normalized spacial score (nSPS) is 15.7. The zero-order chi connectivity index (χ0) is 27.7. The van der Waals surface area contributed by atoms with E-state index in [9.17, 15) is 14.0 Å². The van der Waals surface area contributed by atoms with Crippen LogP contribution in [0.4, 0.5) is 15.0 Å². The molecule has 0 aliphatic carbocycles. The van der Waals surface area contributed by atoms with Gasteiger partial charge in [-0.25, -0.2) is 28.5 Å². The van der Waals surface area contributed by atoms with E-state index in [1.165, 1.54) is 23.9 Å². The maximum Gasteiger partial charge on any atom is 0.408 e. The molecular weight excluding hydrogens is 491 g/mol. The van der Waals surface area contributed by atoms with Gasteiger partial charge in [0.2, 0.25) is 0 Å². The Labute approximate surface area is 220 Å². The van der Waals surface area contributed by atoms with E-state index in [-0.39, 0.29) is 11.6 Å². The Morgan fingerprint density at radius 3 is 2.68 bits per heavy atom. The van der Waals surface area contributed by atoms with Crippen molar-refractivity contribution in [1.29, 1.82) is 0 Å². The molecule has 200 valence electrons. The highest BCUT2D eigenvalue weighted by Gasteiger charge is 2.31. The number of ether oxygens (including phenoxy) is 2. The number of fused-ring (bicyclic) bond motifs is 1. The molecule has 1 saturated heterocycles. The van der Waals surface area contributed by atoms with E-state index >= 15 is 0 Å². The number of anilines is 1. The van der Waals surface area contributed by atoms with E-state index in [2.05, 4.69) is 32.2 Å². The molecule has 1 N–H and O–H groups in total. The Bertz CT molecular complexity index is 1430. The van der Waals surface area contributed by atoms with Gasteiger partial charge in [0.1, 0.15) is 28.5 Å². The van der Waals surface area contributed by atoms with Gasteiger partial charge in [-0.05, 0) is 65.5 Å². The third kappa shape index (κ3) is 6.02. The van der Waals surface area contributed by atoms with Crippen LogP contribution in [0.3, 0.4) is 0 Å². The lowest BCUT2D eigenvalue weighted by molar-refractivity contribution is 0.0493. The summed E-state index contributed by atoms with van der Waals surface area (Å²) in [5.74, 6) is 5.67. The number of carbonyl (C=O) groups excluding carboxylic acids is 2. The molecule has 0 aromatic carbocycles. The molecule has 4 rings (SSSR count). The zero-order valence-corrected chi connectivity index (χ0v) is 22.3. The average Bonchev–Trinajstić information content (AvgIpc) is 3.48. The largest absolute Gasteiger partial charge is 0.465 e. The van der Waals surface area contributed by atoms with Crippen molar-refractivity contribution in [2.75, 3.05) is 18.6 Å². The van der Waals surface area contributed by atoms with Gasteiger partial charge in [-0.15, -0.1) is 0 Å². The van der Waals surface area contributed by atoms with Crippen LogP contribution in [0.15, 0.2) is 30.7 Å². The summed E-state index contributed by atoms with van der Waals surface area (Å²) < 4.78 is 26.1. The van der Waals surface area contributed by atoms with Crippen LogP contribution in [0.1, 0.15) is 75.1 Å². The van der Waals surface area contributed by atoms with E-state index in [0.717, 1.165) is 19.0 Å². The molecule has 10 nitrogen and oxygen atoms in total. The van der Waals surface area contributed by atoms with E-state index < -0.39 is 29.0 Å². The molecule has 0 saturated carbocycles. The summed E-state index contributed by atoms with van der Waals surface area (Å²) in [6.45, 7) is 9.51. The van der Waals surface area contributed by atoms with Gasteiger partial charge in [0.15, 0.2) is 5.65 Å². The molecule has 11 heteroatoms. The minimum absolute atomic E-state index is 0.246. The number of esters is 1. The number of nitrogens with zero attached hydrogens (tertiary/aromatic N) is 5. The number of halogens is 1. The van der Waals surface area contributed by atoms with Gasteiger partial charge in [0, 0.05) is 18.3 Å². The number of carbonyl (C=O) groups is 2. The number of hydrogen-bond donors (Lipinski definition) is 1. The number of nitrogens with one attached hydrogen (secondary N) is 1. The quantitative estimate of drug-likeness (QED) is 0.404. The minimum Gasteiger partial charge on any atom is -0.465 e. The van der Waals surface area contributed by atoms with Crippen molar-refractivity contribution in [3.8, 4) is 11.8 Å². The topological polar surface area (TPSA) is 111 Å². The van der Waals surface area contributed by atoms with E-state index in [4.69, 9.17) is 9.47 Å². The predicted octanol–water partition coefficient (Wildman–Crippen LogP) is 4.05. The van der Waals surface area contributed by atoms with Crippen LogP contribution in [-0.2, 0) is 9.47 Å². The van der Waals surface area contributed by atoms with Gasteiger partial charge >= 0.3 is 12.1 Å². The van der Waals surface area contributed by atoms with Crippen molar-refractivity contribution in [2.24, 2.45) is 0 Å². The molecule has 1 aliphatic heterocycles. The first-order valence-electron chi connectivity index (χ1n) is 12.3. The summed E-state index contributed by atoms with van der Waals surface area (Å²) >= 11 is 0. The van der Waals surface area contributed by atoms with Crippen molar-refractivity contribution in [1.82, 2.24) is 24.9 Å². The number of hydrogen-bond acceptors (Lipinski definition) is 8. The van der Waals surface area contributed by atoms with E-state index in [1.54, 1.807) is 46.9 Å². The Morgan fingerprint density at radius 1 is 1.21 bits per heavy atom. The number of amides is 1. The molecule has 3 aromatic rings. The van der Waals surface area contributed by atoms with Crippen LogP contribution in [-0.4, -0.2) is 56.4 Å². The molecule has 1 aliphatic rings. The van der Waals surface area contributed by atoms with Gasteiger partial charge in [-0.3, -0.25) is 0 Å². The Morgan fingerprint density at radius 2 is 1.97 bits per heavy atom. The molecule has 0 radical (unpaired) electrons. The fourth-order valence-corrected chi connectivity index (χ4v) is 4.26. The van der Waals surface area contributed by atoms with Crippen molar-refractivity contribution >= 4 is 23.5 Å². The number of methoxy groups -OCH3 is 1. The Hall–Kier alpha value is -4.20. The van der Waals surface area contributed by atoms with Crippen molar-refractivity contribution in [3.05, 3.63) is 53.4 Å². The van der Waals surface area contributed by atoms with Gasteiger partial charge in [-0.2, -0.15) is 5.10 Å². The molecule has 1 amide bonds. The monoisotopic (exact) mass is 522 g/mol. The van der Waals surface area contributed by atoms with Crippen molar-refractivity contribution in [2.45, 2.75) is 64.6 Å². The first-order chi connectivity index (χ1) is 17.9. The van der Waals surface area contributed by atoms with Gasteiger partial charge in [0.05, 0.1) is 31.1 Å². The molecule has 0 unspecified atom stereocenters. The van der Waals surface area contributed by atoms with Gasteiger partial charge < -0.3 is 19.7 Å². The second-order valence-electron chi connectivity index (χ2n) is 10.5. The maximum absolute atomic E-state index is 14.4. The van der Waals surface area contributed by atoms with Crippen LogP contribution in [0.5, 0.6) is 0 Å². The molecular formula is C27H31FN6O4. The molecule has 38 heavy (non-hydrogen) atoms. The molecule has 0 spiro atoms. The third-order valence-corrected chi connectivity index (χ3v) is 5.86. The first kappa shape index (κ1) is 26.9. The molecule has 1 fully saturated rings. The Balaban J connectivity index is 1.65. The SMILES string of the molecule is COC(=O)c1cnn2ccc(N3CCC[C@@H]3c3cc(F)cnc3C#CC(C)(C)NC(=O)OC(C)(C)C)nc12. The maximum atomic E-state index is 14.4. The highest BCUT2D eigenvalue weighted by molar-refractivity contribution is 5.95. The second-order valence-corrected chi connectivity index (χ2v) is 10.5. The van der Waals surface area contributed by atoms with Crippen LogP contribution in [0, 0.1) is 17.7 Å². The fraction of sp³-hybridized carbons (Fsp3) is 0.444. The van der Waals surface area contributed by atoms with E-state index in [1.807, 2.05) is 4.90 Å². The smallest absolute Gasteiger partial charge is 0.408 e. The minimum atomic E-state index is -0.927. The van der Waals surface area contributed by atoms with Crippen LogP contribution in [0.2, 0.25) is 0 Å². The highest BCUT2D eigenvalue weighted by Crippen LogP contribution is 2.36. The number of pyridine rings is 1. The zero-order valence-electron chi connectivity index (χ0n) is 22.3. The van der Waals surface area contributed by atoms with Crippen LogP contribution < -0.4 is 10.2 Å². The fourth-order valence-electron chi connectivity index (χ4n) is 4.26. The van der Waals surface area contributed by atoms with Crippen molar-refractivity contribution in [3.63, 3.8) is 0 Å². The summed E-state index contributed by atoms with van der Waals surface area (Å²) in [6.07, 6.45) is 5.25. The average molecular weight is 523 g/mol. The highest BCUT2D eigenvalue weighted by atomic mass is 19.1. The third-order valence-electron chi connectivity index (χ3n) is 5.86. The van der Waals surface area contributed by atoms with Gasteiger partial charge in [0.25, 0.3) is 0 Å². The number of aromatic nitrogens is 4. The summed E-state index contributed by atoms with van der Waals surface area (Å²) in [7, 11) is 1.30. The standard InChI is InChI=1S/C27H31FN6O4/c1-26(2,3)38-25(36)32-27(4,5)11-9-20-18(14-17(28)15-29-20)21-8-7-12-33(21)22-10-13-34-23(31-22)19(16-30-34)24(35)37-6/h10,13-16,21H,7-8,12H2,1-6H3,(H,32,36)/t21-/m1/s1. The summed E-state index contributed by atoms with van der Waals surface area (Å²) in [5, 5.41) is 6.91. The van der Waals surface area contributed by atoms with Crippen molar-refractivity contribution < 1.29 is 23.5 Å². The molecule has 3 aromatic heterocycles. The Kier molecular flexibility index (Phi) is 7.26. The lowest BCUT2D eigenvalue weighted by Gasteiger charge is -2.27. The van der Waals surface area contributed by atoms with Crippen LogP contribution in [0.25, 0.3) is 5.65 Å². The summed E-state index contributed by atoms with van der Waals surface area (Å²) in [6, 6.07) is 2.99. The molecule has 1 atom stereocenters. The number of rotatable bonds is 4. The first-order valence-corrected chi connectivity index (χ1v) is 12.3. The lowest BCUT2D eigenvalue weighted by Crippen LogP contribution is -2.44. The summed E-state index contributed by atoms with van der Waals surface area (Å²) in [4.78, 5) is 35.4. The predicted molar refractivity (Wildman–Crippen MR) is 138 cm³/mol. The second kappa shape index (κ2) is 10.3. The number of alkyl carbamates (subject to hydrolysis) is 1. The lowest BCUT2D eigenvalue weighted by atomic mass is 10.0. The summed E-state index contributed by atoms with van der Waals surface area (Å²) in [5.41, 5.74) is 0.0754. The van der Waals surface area contributed by atoms with Gasteiger partial charge in [-0.1, -0.05) is 5.92 Å². The van der Waals surface area contributed by atoms with Crippen LogP contribution >= 0.6 is 0 Å².